The highest BCUT2D eigenvalue weighted by atomic mass is 32.1. The van der Waals surface area contributed by atoms with Gasteiger partial charge in [-0.2, -0.15) is 10.1 Å². The van der Waals surface area contributed by atoms with E-state index in [9.17, 15) is 4.79 Å². The van der Waals surface area contributed by atoms with Crippen molar-refractivity contribution in [3.63, 3.8) is 0 Å². The Balaban J connectivity index is 1.91. The van der Waals surface area contributed by atoms with E-state index in [1.807, 2.05) is 16.1 Å². The molecule has 6 heteroatoms. The van der Waals surface area contributed by atoms with E-state index >= 15 is 0 Å². The summed E-state index contributed by atoms with van der Waals surface area (Å²) in [5.74, 6) is 1.34. The lowest BCUT2D eigenvalue weighted by Gasteiger charge is -2.33. The van der Waals surface area contributed by atoms with Crippen LogP contribution in [0.3, 0.4) is 0 Å². The van der Waals surface area contributed by atoms with E-state index in [1.54, 1.807) is 11.3 Å². The summed E-state index contributed by atoms with van der Waals surface area (Å²) < 4.78 is 1.82. The first-order valence-electron chi connectivity index (χ1n) is 6.70. The van der Waals surface area contributed by atoms with Gasteiger partial charge in [0.1, 0.15) is 12.4 Å². The maximum atomic E-state index is 12.5. The van der Waals surface area contributed by atoms with Gasteiger partial charge in [0.05, 0.1) is 0 Å². The van der Waals surface area contributed by atoms with Crippen molar-refractivity contribution in [2.75, 3.05) is 5.32 Å². The van der Waals surface area contributed by atoms with Crippen molar-refractivity contribution in [1.29, 1.82) is 0 Å². The average Bonchev–Trinajstić information content (AvgIpc) is 3.06. The van der Waals surface area contributed by atoms with Crippen molar-refractivity contribution in [2.45, 2.75) is 25.8 Å². The average molecular weight is 286 g/mol. The predicted molar refractivity (Wildman–Crippen MR) is 76.5 cm³/mol. The molecule has 1 aliphatic carbocycles. The van der Waals surface area contributed by atoms with Crippen molar-refractivity contribution in [2.24, 2.45) is 5.92 Å². The van der Waals surface area contributed by atoms with E-state index < -0.39 is 0 Å². The lowest BCUT2D eigenvalue weighted by molar-refractivity contribution is -0.117. The first-order chi connectivity index (χ1) is 9.74. The highest BCUT2D eigenvalue weighted by molar-refractivity contribution is 7.10. The fourth-order valence-electron chi connectivity index (χ4n) is 3.06. The van der Waals surface area contributed by atoms with Crippen molar-refractivity contribution >= 4 is 23.1 Å². The lowest BCUT2D eigenvalue weighted by atomic mass is 9.83. The van der Waals surface area contributed by atoms with Crippen LogP contribution in [0.2, 0.25) is 0 Å². The Bertz CT molecular complexity index is 701. The first-order valence-corrected chi connectivity index (χ1v) is 7.58. The molecule has 1 N–H and O–H groups in total. The Kier molecular flexibility index (Phi) is 2.53. The molecule has 2 unspecified atom stereocenters. The Hall–Kier alpha value is -1.95. The summed E-state index contributed by atoms with van der Waals surface area (Å²) in [6.07, 6.45) is 3.05. The lowest BCUT2D eigenvalue weighted by Crippen LogP contribution is -2.33. The summed E-state index contributed by atoms with van der Waals surface area (Å²) >= 11 is 1.65. The molecule has 0 bridgehead atoms. The zero-order valence-electron chi connectivity index (χ0n) is 11.0. The first kappa shape index (κ1) is 11.8. The summed E-state index contributed by atoms with van der Waals surface area (Å²) in [5, 5.41) is 9.62. The highest BCUT2D eigenvalue weighted by Gasteiger charge is 2.38. The minimum Gasteiger partial charge on any atom is -0.328 e. The molecule has 0 fully saturated rings. The Morgan fingerprint density at radius 1 is 1.45 bits per heavy atom. The molecule has 2 aromatic rings. The zero-order valence-corrected chi connectivity index (χ0v) is 11.9. The molecule has 3 heterocycles. The number of allylic oxidation sites excluding steroid dienone is 2. The molecule has 0 spiro atoms. The zero-order chi connectivity index (χ0) is 13.7. The Morgan fingerprint density at radius 2 is 2.35 bits per heavy atom. The topological polar surface area (TPSA) is 59.8 Å². The molecule has 0 saturated heterocycles. The molecule has 2 aliphatic rings. The number of hydrogen-bond acceptors (Lipinski definition) is 5. The number of fused-ring (bicyclic) bond motifs is 1. The van der Waals surface area contributed by atoms with Crippen LogP contribution in [-0.2, 0) is 4.79 Å². The number of hydrogen-bond donors (Lipinski definition) is 1. The quantitative estimate of drug-likeness (QED) is 0.875. The van der Waals surface area contributed by atoms with Crippen LogP contribution < -0.4 is 5.32 Å². The molecule has 2 atom stereocenters. The number of ketones is 1. The number of carbonyl (C=O) groups excluding carboxylic acids is 1. The summed E-state index contributed by atoms with van der Waals surface area (Å²) in [6.45, 7) is 2.11. The third-order valence-corrected chi connectivity index (χ3v) is 4.80. The van der Waals surface area contributed by atoms with E-state index in [4.69, 9.17) is 0 Å². The van der Waals surface area contributed by atoms with Crippen molar-refractivity contribution in [1.82, 2.24) is 14.8 Å². The number of nitrogens with zero attached hydrogens (tertiary/aromatic N) is 3. The molecule has 20 heavy (non-hydrogen) atoms. The fraction of sp³-hybridized carbons (Fsp3) is 0.357. The van der Waals surface area contributed by atoms with Crippen molar-refractivity contribution in [3.8, 4) is 0 Å². The molecular weight excluding hydrogens is 272 g/mol. The second-order valence-corrected chi connectivity index (χ2v) is 6.38. The second-order valence-electron chi connectivity index (χ2n) is 5.40. The highest BCUT2D eigenvalue weighted by Crippen LogP contribution is 2.41. The maximum absolute atomic E-state index is 12.5. The van der Waals surface area contributed by atoms with Gasteiger partial charge in [-0.25, -0.2) is 4.68 Å². The van der Waals surface area contributed by atoms with Gasteiger partial charge in [0.2, 0.25) is 5.95 Å². The molecule has 5 nitrogen and oxygen atoms in total. The van der Waals surface area contributed by atoms with Crippen LogP contribution in [0.15, 0.2) is 35.1 Å². The van der Waals surface area contributed by atoms with Crippen LogP contribution in [0.1, 0.15) is 30.7 Å². The molecule has 0 radical (unpaired) electrons. The van der Waals surface area contributed by atoms with E-state index in [-0.39, 0.29) is 11.8 Å². The molecule has 0 amide bonds. The van der Waals surface area contributed by atoms with E-state index in [1.165, 1.54) is 6.33 Å². The van der Waals surface area contributed by atoms with E-state index in [0.29, 0.717) is 12.3 Å². The molecule has 1 aliphatic heterocycles. The number of nitrogens with one attached hydrogen (secondary N) is 1. The standard InChI is InChI=1S/C14H14N4OS/c1-8-5-9-12(10(19)6-8)13(11-3-2-4-20-11)18-14(17-9)15-7-16-18/h2-4,7-8,13H,5-6H2,1H3,(H,15,16,17). The third kappa shape index (κ3) is 1.64. The fourth-order valence-corrected chi connectivity index (χ4v) is 3.87. The Morgan fingerprint density at radius 3 is 3.15 bits per heavy atom. The monoisotopic (exact) mass is 286 g/mol. The van der Waals surface area contributed by atoms with Gasteiger partial charge < -0.3 is 5.32 Å². The maximum Gasteiger partial charge on any atom is 0.226 e. The Labute approximate surface area is 120 Å². The van der Waals surface area contributed by atoms with Crippen LogP contribution in [-0.4, -0.2) is 20.5 Å². The molecule has 0 aromatic carbocycles. The number of rotatable bonds is 1. The van der Waals surface area contributed by atoms with Crippen LogP contribution >= 0.6 is 11.3 Å². The largest absolute Gasteiger partial charge is 0.328 e. The van der Waals surface area contributed by atoms with Crippen LogP contribution in [0.4, 0.5) is 5.95 Å². The normalized spacial score (nSPS) is 25.1. The number of aromatic nitrogens is 3. The minimum atomic E-state index is -0.122. The SMILES string of the molecule is CC1CC(=O)C2=C(C1)Nc1ncnn1C2c1cccs1. The van der Waals surface area contributed by atoms with Gasteiger partial charge in [0.15, 0.2) is 5.78 Å². The third-order valence-electron chi connectivity index (χ3n) is 3.88. The van der Waals surface area contributed by atoms with E-state index in [0.717, 1.165) is 28.5 Å². The molecule has 0 saturated carbocycles. The van der Waals surface area contributed by atoms with E-state index in [2.05, 4.69) is 28.4 Å². The smallest absolute Gasteiger partial charge is 0.226 e. The summed E-state index contributed by atoms with van der Waals surface area (Å²) in [5.41, 5.74) is 1.89. The molecular formula is C14H14N4OS. The second kappa shape index (κ2) is 4.28. The predicted octanol–water partition coefficient (Wildman–Crippen LogP) is 2.61. The van der Waals surface area contributed by atoms with Gasteiger partial charge in [-0.3, -0.25) is 4.79 Å². The van der Waals surface area contributed by atoms with Crippen LogP contribution in [0, 0.1) is 5.92 Å². The van der Waals surface area contributed by atoms with Gasteiger partial charge >= 0.3 is 0 Å². The molecule has 4 rings (SSSR count). The van der Waals surface area contributed by atoms with Gasteiger partial charge in [-0.1, -0.05) is 13.0 Å². The summed E-state index contributed by atoms with van der Waals surface area (Å²) in [4.78, 5) is 17.9. The van der Waals surface area contributed by atoms with Gasteiger partial charge in [-0.15, -0.1) is 11.3 Å². The minimum absolute atomic E-state index is 0.122. The van der Waals surface area contributed by atoms with Crippen LogP contribution in [0.25, 0.3) is 0 Å². The van der Waals surface area contributed by atoms with Gasteiger partial charge in [-0.05, 0) is 23.8 Å². The van der Waals surface area contributed by atoms with Gasteiger partial charge in [0.25, 0.3) is 0 Å². The van der Waals surface area contributed by atoms with Crippen molar-refractivity contribution in [3.05, 3.63) is 40.0 Å². The number of anilines is 1. The summed E-state index contributed by atoms with van der Waals surface area (Å²) in [7, 11) is 0. The summed E-state index contributed by atoms with van der Waals surface area (Å²) in [6, 6.07) is 3.94. The molecule has 2 aromatic heterocycles. The van der Waals surface area contributed by atoms with Crippen molar-refractivity contribution < 1.29 is 4.79 Å². The van der Waals surface area contributed by atoms with Gasteiger partial charge in [0, 0.05) is 22.6 Å². The molecule has 102 valence electrons. The number of carbonyl (C=O) groups is 1. The number of thiophene rings is 1. The van der Waals surface area contributed by atoms with Crippen LogP contribution in [0.5, 0.6) is 0 Å². The number of Topliss-reactive ketones (excluding diaryl/α,β-unsaturated/α-hetero) is 1.